The molecule has 0 aromatic heterocycles. The maximum Gasteiger partial charge on any atom is 0.317 e. The topological polar surface area (TPSA) is 38.8 Å². The van der Waals surface area contributed by atoms with Crippen molar-refractivity contribution in [1.82, 2.24) is 20.0 Å². The van der Waals surface area contributed by atoms with Crippen LogP contribution in [0, 0.1) is 11.8 Å². The zero-order valence-electron chi connectivity index (χ0n) is 20.9. The van der Waals surface area contributed by atoms with Crippen molar-refractivity contribution in [2.75, 3.05) is 39.8 Å². The van der Waals surface area contributed by atoms with E-state index in [1.165, 1.54) is 32.4 Å². The van der Waals surface area contributed by atoms with Gasteiger partial charge in [0.2, 0.25) is 0 Å². The molecule has 2 unspecified atom stereocenters. The molecule has 32 heavy (non-hydrogen) atoms. The monoisotopic (exact) mass is 442 g/mol. The highest BCUT2D eigenvalue weighted by Gasteiger charge is 2.32. The number of benzene rings is 1. The number of hydrogen-bond donors (Lipinski definition) is 1. The lowest BCUT2D eigenvalue weighted by molar-refractivity contribution is 0.110. The van der Waals surface area contributed by atoms with E-state index in [9.17, 15) is 4.79 Å². The van der Waals surface area contributed by atoms with Crippen LogP contribution in [0.25, 0.3) is 0 Å². The Kier molecular flexibility index (Phi) is 9.86. The molecule has 0 radical (unpaired) electrons. The van der Waals surface area contributed by atoms with Crippen LogP contribution in [-0.4, -0.2) is 72.6 Å². The Bertz CT molecular complexity index is 671. The molecule has 1 heterocycles. The second-order valence-electron chi connectivity index (χ2n) is 10.5. The van der Waals surface area contributed by atoms with Crippen LogP contribution in [-0.2, 0) is 6.54 Å². The Morgan fingerprint density at radius 1 is 1.09 bits per heavy atom. The summed E-state index contributed by atoms with van der Waals surface area (Å²) < 4.78 is 0. The van der Waals surface area contributed by atoms with E-state index in [1.54, 1.807) is 0 Å². The van der Waals surface area contributed by atoms with Gasteiger partial charge in [-0.1, -0.05) is 51.1 Å². The zero-order valence-corrected chi connectivity index (χ0v) is 20.9. The summed E-state index contributed by atoms with van der Waals surface area (Å²) in [5.74, 6) is 1.58. The highest BCUT2D eigenvalue weighted by atomic mass is 16.2. The maximum absolute atomic E-state index is 12.9. The second-order valence-corrected chi connectivity index (χ2v) is 10.5. The van der Waals surface area contributed by atoms with Gasteiger partial charge in [0.1, 0.15) is 0 Å². The molecular weight excluding hydrogens is 396 g/mol. The largest absolute Gasteiger partial charge is 0.334 e. The number of amides is 2. The standard InChI is InChI=1S/C27H46N4O/c1-5-15-31(27(32)28-19-23-9-7-6-8-10-23)25-13-16-30(17-14-25)21-24-11-12-26(18-24)29(4)20-22(2)3/h6-10,22,24-26H,5,11-21H2,1-4H3,(H,28,32). The number of urea groups is 1. The van der Waals surface area contributed by atoms with Gasteiger partial charge in [0.05, 0.1) is 0 Å². The number of carbonyl (C=O) groups excluding carboxylic acids is 1. The van der Waals surface area contributed by atoms with Crippen molar-refractivity contribution in [2.24, 2.45) is 11.8 Å². The molecule has 0 spiro atoms. The molecule has 3 rings (SSSR count). The van der Waals surface area contributed by atoms with Gasteiger partial charge in [0, 0.05) is 51.4 Å². The Balaban J connectivity index is 1.42. The van der Waals surface area contributed by atoms with E-state index in [-0.39, 0.29) is 6.03 Å². The van der Waals surface area contributed by atoms with Crippen molar-refractivity contribution in [2.45, 2.75) is 77.9 Å². The third-order valence-corrected chi connectivity index (χ3v) is 7.32. The highest BCUT2D eigenvalue weighted by molar-refractivity contribution is 5.74. The van der Waals surface area contributed by atoms with Gasteiger partial charge in [-0.3, -0.25) is 0 Å². The average Bonchev–Trinajstić information content (AvgIpc) is 3.25. The fourth-order valence-electron chi connectivity index (χ4n) is 5.68. The molecule has 1 N–H and O–H groups in total. The smallest absolute Gasteiger partial charge is 0.317 e. The molecule has 0 bridgehead atoms. The fraction of sp³-hybridized carbons (Fsp3) is 0.741. The Hall–Kier alpha value is -1.59. The zero-order chi connectivity index (χ0) is 22.9. The predicted molar refractivity (Wildman–Crippen MR) is 134 cm³/mol. The second kappa shape index (κ2) is 12.6. The van der Waals surface area contributed by atoms with E-state index in [0.29, 0.717) is 12.6 Å². The molecule has 180 valence electrons. The lowest BCUT2D eigenvalue weighted by Gasteiger charge is -2.39. The summed E-state index contributed by atoms with van der Waals surface area (Å²) in [6, 6.07) is 11.4. The molecule has 1 aliphatic heterocycles. The number of piperidine rings is 1. The quantitative estimate of drug-likeness (QED) is 0.564. The number of nitrogens with one attached hydrogen (secondary N) is 1. The van der Waals surface area contributed by atoms with Gasteiger partial charge < -0.3 is 20.0 Å². The molecule has 1 aromatic rings. The van der Waals surface area contributed by atoms with Crippen LogP contribution in [0.5, 0.6) is 0 Å². The van der Waals surface area contributed by atoms with Crippen molar-refractivity contribution in [3.05, 3.63) is 35.9 Å². The summed E-state index contributed by atoms with van der Waals surface area (Å²) in [6.45, 7) is 13.0. The van der Waals surface area contributed by atoms with Crippen LogP contribution >= 0.6 is 0 Å². The van der Waals surface area contributed by atoms with Crippen LogP contribution in [0.2, 0.25) is 0 Å². The highest BCUT2D eigenvalue weighted by Crippen LogP contribution is 2.31. The minimum absolute atomic E-state index is 0.0981. The predicted octanol–water partition coefficient (Wildman–Crippen LogP) is 4.83. The third kappa shape index (κ3) is 7.48. The van der Waals surface area contributed by atoms with E-state index >= 15 is 0 Å². The molecule has 1 aromatic carbocycles. The van der Waals surface area contributed by atoms with E-state index in [2.05, 4.69) is 60.0 Å². The summed E-state index contributed by atoms with van der Waals surface area (Å²) in [5, 5.41) is 3.15. The van der Waals surface area contributed by atoms with Crippen LogP contribution in [0.3, 0.4) is 0 Å². The Morgan fingerprint density at radius 2 is 1.81 bits per heavy atom. The lowest BCUT2D eigenvalue weighted by atomic mass is 10.00. The molecule has 5 heteroatoms. The van der Waals surface area contributed by atoms with Gasteiger partial charge in [0.25, 0.3) is 0 Å². The van der Waals surface area contributed by atoms with Crippen LogP contribution in [0.1, 0.15) is 64.9 Å². The molecule has 1 saturated heterocycles. The molecule has 2 atom stereocenters. The van der Waals surface area contributed by atoms with Crippen molar-refractivity contribution >= 4 is 6.03 Å². The third-order valence-electron chi connectivity index (χ3n) is 7.32. The first-order valence-corrected chi connectivity index (χ1v) is 13.0. The summed E-state index contributed by atoms with van der Waals surface area (Å²) in [7, 11) is 2.31. The molecule has 1 saturated carbocycles. The lowest BCUT2D eigenvalue weighted by Crippen LogP contribution is -2.51. The number of likely N-dealkylation sites (tertiary alicyclic amines) is 1. The molecular formula is C27H46N4O. The SMILES string of the molecule is CCCN(C(=O)NCc1ccccc1)C1CCN(CC2CCC(N(C)CC(C)C)C2)CC1. The molecule has 2 fully saturated rings. The van der Waals surface area contributed by atoms with Gasteiger partial charge in [-0.15, -0.1) is 0 Å². The number of rotatable bonds is 10. The number of carbonyl (C=O) groups is 1. The molecule has 2 aliphatic rings. The first-order chi connectivity index (χ1) is 15.5. The average molecular weight is 443 g/mol. The van der Waals surface area contributed by atoms with Gasteiger partial charge in [0.15, 0.2) is 0 Å². The van der Waals surface area contributed by atoms with Crippen LogP contribution < -0.4 is 5.32 Å². The fourth-order valence-corrected chi connectivity index (χ4v) is 5.68. The van der Waals surface area contributed by atoms with Crippen LogP contribution in [0.15, 0.2) is 30.3 Å². The minimum Gasteiger partial charge on any atom is -0.334 e. The van der Waals surface area contributed by atoms with Crippen molar-refractivity contribution in [3.63, 3.8) is 0 Å². The molecule has 2 amide bonds. The van der Waals surface area contributed by atoms with Crippen LogP contribution in [0.4, 0.5) is 4.79 Å². The summed E-state index contributed by atoms with van der Waals surface area (Å²) in [6.07, 6.45) is 7.29. The summed E-state index contributed by atoms with van der Waals surface area (Å²) >= 11 is 0. The number of hydrogen-bond acceptors (Lipinski definition) is 3. The summed E-state index contributed by atoms with van der Waals surface area (Å²) in [4.78, 5) is 20.3. The number of nitrogens with zero attached hydrogens (tertiary/aromatic N) is 3. The van der Waals surface area contributed by atoms with Gasteiger partial charge >= 0.3 is 6.03 Å². The molecule has 1 aliphatic carbocycles. The van der Waals surface area contributed by atoms with Crippen molar-refractivity contribution in [1.29, 1.82) is 0 Å². The molecule has 5 nitrogen and oxygen atoms in total. The first-order valence-electron chi connectivity index (χ1n) is 13.0. The Morgan fingerprint density at radius 3 is 2.47 bits per heavy atom. The van der Waals surface area contributed by atoms with E-state index in [4.69, 9.17) is 0 Å². The van der Waals surface area contributed by atoms with E-state index in [1.807, 2.05) is 18.2 Å². The van der Waals surface area contributed by atoms with E-state index < -0.39 is 0 Å². The summed E-state index contributed by atoms with van der Waals surface area (Å²) in [5.41, 5.74) is 1.15. The van der Waals surface area contributed by atoms with Crippen molar-refractivity contribution in [3.8, 4) is 0 Å². The van der Waals surface area contributed by atoms with Gasteiger partial charge in [-0.2, -0.15) is 0 Å². The van der Waals surface area contributed by atoms with Gasteiger partial charge in [-0.25, -0.2) is 4.79 Å². The normalized spacial score (nSPS) is 22.6. The van der Waals surface area contributed by atoms with E-state index in [0.717, 1.165) is 62.3 Å². The van der Waals surface area contributed by atoms with Gasteiger partial charge in [-0.05, 0) is 63.0 Å². The van der Waals surface area contributed by atoms with Crippen molar-refractivity contribution < 1.29 is 4.79 Å². The first kappa shape index (κ1) is 25.0. The Labute approximate surface area is 196 Å². The maximum atomic E-state index is 12.9. The minimum atomic E-state index is 0.0981.